The molecule has 470 valence electrons. The molecule has 0 rings (SSSR count). The van der Waals surface area contributed by atoms with Crippen LogP contribution >= 0.6 is 0 Å². The predicted octanol–water partition coefficient (Wildman–Crippen LogP) is 24.4. The monoisotopic (exact) mass is 1130 g/mol. The Morgan fingerprint density at radius 2 is 0.481 bits per heavy atom. The maximum absolute atomic E-state index is 12.9. The molecule has 0 aromatic rings. The van der Waals surface area contributed by atoms with Crippen molar-refractivity contribution in [2.24, 2.45) is 0 Å². The highest BCUT2D eigenvalue weighted by molar-refractivity contribution is 5.71. The fourth-order valence-corrected chi connectivity index (χ4v) is 10.4. The predicted molar refractivity (Wildman–Crippen MR) is 353 cm³/mol. The smallest absolute Gasteiger partial charge is 0.306 e. The lowest BCUT2D eigenvalue weighted by molar-refractivity contribution is -0.167. The van der Waals surface area contributed by atoms with Crippen LogP contribution in [0.15, 0.2) is 72.9 Å². The van der Waals surface area contributed by atoms with Crippen LogP contribution in [0.1, 0.15) is 367 Å². The molecule has 0 spiro atoms. The van der Waals surface area contributed by atoms with Crippen LogP contribution in [-0.4, -0.2) is 37.2 Å². The molecule has 0 aromatic heterocycles. The molecule has 1 unspecified atom stereocenters. The second-order valence-corrected chi connectivity index (χ2v) is 23.8. The zero-order valence-electron chi connectivity index (χ0n) is 54.1. The van der Waals surface area contributed by atoms with Crippen molar-refractivity contribution in [3.05, 3.63) is 72.9 Å². The van der Waals surface area contributed by atoms with Crippen molar-refractivity contribution in [2.45, 2.75) is 374 Å². The molecule has 0 radical (unpaired) electrons. The van der Waals surface area contributed by atoms with Gasteiger partial charge in [-0.25, -0.2) is 0 Å². The molecule has 0 aliphatic carbocycles. The third-order valence-electron chi connectivity index (χ3n) is 15.7. The van der Waals surface area contributed by atoms with Crippen LogP contribution in [0.2, 0.25) is 0 Å². The molecule has 0 aromatic carbocycles. The number of carbonyl (C=O) groups is 3. The maximum Gasteiger partial charge on any atom is 0.306 e. The van der Waals surface area contributed by atoms with Gasteiger partial charge in [-0.3, -0.25) is 14.4 Å². The minimum atomic E-state index is -0.773. The fourth-order valence-electron chi connectivity index (χ4n) is 10.4. The quantitative estimate of drug-likeness (QED) is 0.0261. The molecule has 81 heavy (non-hydrogen) atoms. The molecule has 0 fully saturated rings. The molecule has 0 aliphatic rings. The average Bonchev–Trinajstić information content (AvgIpc) is 3.47. The summed E-state index contributed by atoms with van der Waals surface area (Å²) >= 11 is 0. The SMILES string of the molecule is CC/C=C\C/C=C\C/C=C\C/C=C\C/C=C\CCCCCCCCCCCCCC(=O)OC(COC(=O)CCCCCCC)COC(=O)CCCCCCCCCCCCCCCCCCCCC/C=C\CCCCCCCCCC. The van der Waals surface area contributed by atoms with E-state index in [1.165, 1.54) is 231 Å². The van der Waals surface area contributed by atoms with Gasteiger partial charge in [0.05, 0.1) is 0 Å². The number of unbranched alkanes of at least 4 members (excludes halogenated alkanes) is 42. The first kappa shape index (κ1) is 77.9. The normalized spacial score (nSPS) is 12.5. The van der Waals surface area contributed by atoms with E-state index in [0.717, 1.165) is 96.3 Å². The first-order chi connectivity index (χ1) is 40.0. The summed E-state index contributed by atoms with van der Waals surface area (Å²) in [4.78, 5) is 38.0. The van der Waals surface area contributed by atoms with Crippen molar-refractivity contribution in [1.82, 2.24) is 0 Å². The Balaban J connectivity index is 3.95. The highest BCUT2D eigenvalue weighted by atomic mass is 16.6. The Hall–Kier alpha value is -3.15. The Bertz CT molecular complexity index is 1490. The topological polar surface area (TPSA) is 78.9 Å². The fraction of sp³-hybridized carbons (Fsp3) is 0.800. The van der Waals surface area contributed by atoms with Crippen LogP contribution < -0.4 is 0 Å². The summed E-state index contributed by atoms with van der Waals surface area (Å²) in [5.74, 6) is -0.872. The van der Waals surface area contributed by atoms with E-state index in [4.69, 9.17) is 14.2 Å². The van der Waals surface area contributed by atoms with Crippen molar-refractivity contribution >= 4 is 17.9 Å². The first-order valence-electron chi connectivity index (χ1n) is 35.4. The van der Waals surface area contributed by atoms with Crippen molar-refractivity contribution < 1.29 is 28.6 Å². The largest absolute Gasteiger partial charge is 0.462 e. The molecule has 0 saturated carbocycles. The highest BCUT2D eigenvalue weighted by Crippen LogP contribution is 2.18. The molecule has 0 amide bonds. The molecular formula is C75H134O6. The third-order valence-corrected chi connectivity index (χ3v) is 15.7. The van der Waals surface area contributed by atoms with Gasteiger partial charge < -0.3 is 14.2 Å². The van der Waals surface area contributed by atoms with Crippen LogP contribution in [0.3, 0.4) is 0 Å². The van der Waals surface area contributed by atoms with Crippen molar-refractivity contribution in [2.75, 3.05) is 13.2 Å². The molecule has 1 atom stereocenters. The summed E-state index contributed by atoms with van der Waals surface area (Å²) in [5, 5.41) is 0. The number of esters is 3. The number of rotatable bonds is 65. The van der Waals surface area contributed by atoms with Gasteiger partial charge in [0, 0.05) is 19.3 Å². The summed E-state index contributed by atoms with van der Waals surface area (Å²) in [7, 11) is 0. The number of carbonyl (C=O) groups excluding carboxylic acids is 3. The lowest BCUT2D eigenvalue weighted by Crippen LogP contribution is -2.30. The van der Waals surface area contributed by atoms with Gasteiger partial charge in [0.15, 0.2) is 6.10 Å². The summed E-state index contributed by atoms with van der Waals surface area (Å²) in [5.41, 5.74) is 0. The molecule has 6 nitrogen and oxygen atoms in total. The third kappa shape index (κ3) is 67.5. The number of hydrogen-bond donors (Lipinski definition) is 0. The molecule has 6 heteroatoms. The van der Waals surface area contributed by atoms with E-state index in [9.17, 15) is 14.4 Å². The number of allylic oxidation sites excluding steroid dienone is 12. The zero-order valence-corrected chi connectivity index (χ0v) is 54.1. The zero-order chi connectivity index (χ0) is 58.5. The average molecular weight is 1130 g/mol. The van der Waals surface area contributed by atoms with E-state index in [1.807, 2.05) is 0 Å². The van der Waals surface area contributed by atoms with Gasteiger partial charge in [-0.2, -0.15) is 0 Å². The van der Waals surface area contributed by atoms with Gasteiger partial charge in [-0.1, -0.05) is 331 Å². The van der Waals surface area contributed by atoms with E-state index < -0.39 is 6.10 Å². The van der Waals surface area contributed by atoms with Crippen LogP contribution in [0, 0.1) is 0 Å². The molecule has 0 N–H and O–H groups in total. The van der Waals surface area contributed by atoms with E-state index in [1.54, 1.807) is 0 Å². The number of hydrogen-bond acceptors (Lipinski definition) is 6. The van der Waals surface area contributed by atoms with Gasteiger partial charge in [0.25, 0.3) is 0 Å². The summed E-state index contributed by atoms with van der Waals surface area (Å²) in [6.45, 7) is 6.49. The lowest BCUT2D eigenvalue weighted by atomic mass is 10.0. The van der Waals surface area contributed by atoms with Gasteiger partial charge in [-0.05, 0) is 89.9 Å². The van der Waals surface area contributed by atoms with Gasteiger partial charge >= 0.3 is 17.9 Å². The molecular weight excluding hydrogens is 997 g/mol. The van der Waals surface area contributed by atoms with E-state index in [0.29, 0.717) is 19.3 Å². The van der Waals surface area contributed by atoms with Crippen molar-refractivity contribution in [1.29, 1.82) is 0 Å². The lowest BCUT2D eigenvalue weighted by Gasteiger charge is -2.18. The minimum Gasteiger partial charge on any atom is -0.462 e. The Morgan fingerprint density at radius 1 is 0.259 bits per heavy atom. The van der Waals surface area contributed by atoms with Crippen molar-refractivity contribution in [3.8, 4) is 0 Å². The molecule has 0 bridgehead atoms. The van der Waals surface area contributed by atoms with Crippen LogP contribution in [-0.2, 0) is 28.6 Å². The van der Waals surface area contributed by atoms with Crippen LogP contribution in [0.4, 0.5) is 0 Å². The Labute approximate surface area is 503 Å². The summed E-state index contributed by atoms with van der Waals surface area (Å²) in [6, 6.07) is 0. The van der Waals surface area contributed by atoms with Crippen LogP contribution in [0.25, 0.3) is 0 Å². The van der Waals surface area contributed by atoms with E-state index in [2.05, 4.69) is 93.7 Å². The van der Waals surface area contributed by atoms with E-state index in [-0.39, 0.29) is 31.1 Å². The van der Waals surface area contributed by atoms with Gasteiger partial charge in [-0.15, -0.1) is 0 Å². The molecule has 0 heterocycles. The van der Waals surface area contributed by atoms with Gasteiger partial charge in [0.2, 0.25) is 0 Å². The summed E-state index contributed by atoms with van der Waals surface area (Å²) < 4.78 is 16.8. The highest BCUT2D eigenvalue weighted by Gasteiger charge is 2.19. The minimum absolute atomic E-state index is 0.0727. The second kappa shape index (κ2) is 69.3. The number of ether oxygens (including phenoxy) is 3. The van der Waals surface area contributed by atoms with Crippen LogP contribution in [0.5, 0.6) is 0 Å². The Morgan fingerprint density at radius 3 is 0.765 bits per heavy atom. The van der Waals surface area contributed by atoms with Crippen molar-refractivity contribution in [3.63, 3.8) is 0 Å². The van der Waals surface area contributed by atoms with E-state index >= 15 is 0 Å². The maximum atomic E-state index is 12.9. The summed E-state index contributed by atoms with van der Waals surface area (Å²) in [6.07, 6.45) is 91.4. The van der Waals surface area contributed by atoms with Gasteiger partial charge in [0.1, 0.15) is 13.2 Å². The second-order valence-electron chi connectivity index (χ2n) is 23.8. The standard InChI is InChI=1S/C75H134O6/c1-4-7-10-13-15-17-19-21-23-25-27-29-31-33-35-36-37-38-40-41-43-45-47-49-51-53-55-57-59-62-65-68-74(77)80-71-72(70-79-73(76)67-64-61-12-9-6-3)81-75(78)69-66-63-60-58-56-54-52-50-48-46-44-42-39-34-32-30-28-26-24-22-20-18-16-14-11-8-5-2/h8,11,16,18,22,24-25,27-28,30,34,39,72H,4-7,9-10,12-15,17,19-21,23,26,29,31-33,35-38,40-71H2,1-3H3/b11-8-,18-16-,24-22-,27-25-,30-28-,39-34-. The molecule has 0 saturated heterocycles. The molecule has 0 aliphatic heterocycles. The first-order valence-corrected chi connectivity index (χ1v) is 35.4. The Kier molecular flexibility index (Phi) is 66.6.